The molecule has 0 aliphatic carbocycles. The maximum atomic E-state index is 12.6. The highest BCUT2D eigenvalue weighted by molar-refractivity contribution is 7.99. The van der Waals surface area contributed by atoms with E-state index in [0.29, 0.717) is 15.6 Å². The van der Waals surface area contributed by atoms with E-state index >= 15 is 0 Å². The highest BCUT2D eigenvalue weighted by Crippen LogP contribution is 2.34. The van der Waals surface area contributed by atoms with Crippen molar-refractivity contribution in [3.63, 3.8) is 0 Å². The van der Waals surface area contributed by atoms with Crippen molar-refractivity contribution in [1.82, 2.24) is 5.32 Å². The van der Waals surface area contributed by atoms with Crippen LogP contribution in [0, 0.1) is 0 Å². The summed E-state index contributed by atoms with van der Waals surface area (Å²) in [5.41, 5.74) is 1.53. The minimum atomic E-state index is -0.151. The minimum Gasteiger partial charge on any atom is -0.346 e. The van der Waals surface area contributed by atoms with E-state index in [1.807, 2.05) is 67.6 Å². The Hall–Kier alpha value is -1.94. The van der Waals surface area contributed by atoms with E-state index in [2.05, 4.69) is 5.32 Å². The Bertz CT molecular complexity index is 915. The van der Waals surface area contributed by atoms with Gasteiger partial charge in [0.15, 0.2) is 0 Å². The molecule has 26 heavy (non-hydrogen) atoms. The quantitative estimate of drug-likeness (QED) is 0.519. The van der Waals surface area contributed by atoms with E-state index in [0.717, 1.165) is 15.4 Å². The lowest BCUT2D eigenvalue weighted by molar-refractivity contribution is 0.0939. The predicted molar refractivity (Wildman–Crippen MR) is 109 cm³/mol. The summed E-state index contributed by atoms with van der Waals surface area (Å²) in [6.07, 6.45) is 0. The minimum absolute atomic E-state index is 0.149. The molecule has 1 amide bonds. The lowest BCUT2D eigenvalue weighted by atomic mass is 10.1. The zero-order chi connectivity index (χ0) is 18.5. The van der Waals surface area contributed by atoms with Crippen LogP contribution in [0.25, 0.3) is 0 Å². The number of amides is 1. The van der Waals surface area contributed by atoms with Gasteiger partial charge in [-0.1, -0.05) is 65.3 Å². The van der Waals surface area contributed by atoms with Crippen molar-refractivity contribution in [2.24, 2.45) is 0 Å². The third kappa shape index (κ3) is 4.82. The molecule has 3 rings (SSSR count). The molecule has 1 N–H and O–H groups in total. The summed E-state index contributed by atoms with van der Waals surface area (Å²) in [6.45, 7) is 1.93. The van der Waals surface area contributed by atoms with E-state index in [9.17, 15) is 4.79 Å². The van der Waals surface area contributed by atoms with Gasteiger partial charge in [-0.2, -0.15) is 0 Å². The van der Waals surface area contributed by atoms with Gasteiger partial charge in [0.25, 0.3) is 5.91 Å². The summed E-state index contributed by atoms with van der Waals surface area (Å²) < 4.78 is 0. The Morgan fingerprint density at radius 1 is 0.962 bits per heavy atom. The topological polar surface area (TPSA) is 29.1 Å². The van der Waals surface area contributed by atoms with Crippen molar-refractivity contribution < 1.29 is 4.79 Å². The fourth-order valence-electron chi connectivity index (χ4n) is 2.48. The number of hydrogen-bond acceptors (Lipinski definition) is 2. The van der Waals surface area contributed by atoms with Crippen LogP contribution in [0.5, 0.6) is 0 Å². The third-order valence-electron chi connectivity index (χ3n) is 3.86. The molecule has 0 fully saturated rings. The second-order valence-corrected chi connectivity index (χ2v) is 7.77. The van der Waals surface area contributed by atoms with E-state index < -0.39 is 0 Å². The molecular formula is C21H17Cl2NOS. The molecule has 1 unspecified atom stereocenters. The molecule has 0 aromatic heterocycles. The number of nitrogens with one attached hydrogen (secondary N) is 1. The maximum Gasteiger partial charge on any atom is 0.251 e. The number of carbonyl (C=O) groups is 1. The van der Waals surface area contributed by atoms with Gasteiger partial charge in [-0.25, -0.2) is 0 Å². The highest BCUT2D eigenvalue weighted by atomic mass is 35.5. The normalized spacial score (nSPS) is 11.8. The van der Waals surface area contributed by atoms with Crippen LogP contribution in [0.2, 0.25) is 10.0 Å². The van der Waals surface area contributed by atoms with Crippen LogP contribution in [0.1, 0.15) is 28.9 Å². The van der Waals surface area contributed by atoms with E-state index in [4.69, 9.17) is 23.2 Å². The molecule has 0 bridgehead atoms. The molecule has 1 atom stereocenters. The van der Waals surface area contributed by atoms with Crippen molar-refractivity contribution >= 4 is 40.9 Å². The lowest BCUT2D eigenvalue weighted by Gasteiger charge is -2.15. The Labute approximate surface area is 167 Å². The van der Waals surface area contributed by atoms with Crippen LogP contribution in [0.15, 0.2) is 82.6 Å². The van der Waals surface area contributed by atoms with Crippen molar-refractivity contribution in [1.29, 1.82) is 0 Å². The molecule has 0 radical (unpaired) electrons. The van der Waals surface area contributed by atoms with Crippen molar-refractivity contribution in [2.75, 3.05) is 0 Å². The Morgan fingerprint density at radius 2 is 1.73 bits per heavy atom. The molecule has 0 saturated carbocycles. The van der Waals surface area contributed by atoms with Crippen molar-refractivity contribution in [2.45, 2.75) is 22.8 Å². The van der Waals surface area contributed by atoms with Gasteiger partial charge in [-0.05, 0) is 55.0 Å². The van der Waals surface area contributed by atoms with E-state index in [-0.39, 0.29) is 11.9 Å². The van der Waals surface area contributed by atoms with Crippen LogP contribution < -0.4 is 5.32 Å². The van der Waals surface area contributed by atoms with Gasteiger partial charge in [0, 0.05) is 20.4 Å². The molecular weight excluding hydrogens is 385 g/mol. The molecule has 3 aromatic rings. The summed E-state index contributed by atoms with van der Waals surface area (Å²) in [7, 11) is 0. The van der Waals surface area contributed by atoms with Gasteiger partial charge < -0.3 is 5.32 Å². The van der Waals surface area contributed by atoms with E-state index in [1.54, 1.807) is 12.1 Å². The molecule has 0 heterocycles. The van der Waals surface area contributed by atoms with Gasteiger partial charge >= 0.3 is 0 Å². The van der Waals surface area contributed by atoms with Crippen LogP contribution in [0.3, 0.4) is 0 Å². The second kappa shape index (κ2) is 8.63. The van der Waals surface area contributed by atoms with Gasteiger partial charge in [0.1, 0.15) is 0 Å². The number of halogens is 2. The van der Waals surface area contributed by atoms with Crippen LogP contribution in [-0.4, -0.2) is 5.91 Å². The smallest absolute Gasteiger partial charge is 0.251 e. The lowest BCUT2D eigenvalue weighted by Crippen LogP contribution is -2.26. The first-order valence-electron chi connectivity index (χ1n) is 8.12. The molecule has 2 nitrogen and oxygen atoms in total. The highest BCUT2D eigenvalue weighted by Gasteiger charge is 2.14. The average molecular weight is 402 g/mol. The molecule has 0 saturated heterocycles. The van der Waals surface area contributed by atoms with Crippen LogP contribution >= 0.6 is 35.0 Å². The summed E-state index contributed by atoms with van der Waals surface area (Å²) >= 11 is 13.9. The molecule has 0 aliphatic rings. The SMILES string of the molecule is CC(NC(=O)c1ccc(Cl)c(Sc2ccccc2)c1)c1cccc(Cl)c1. The standard InChI is InChI=1S/C21H17Cl2NOS/c1-14(15-6-5-7-17(22)12-15)24-21(25)16-10-11-19(23)20(13-16)26-18-8-3-2-4-9-18/h2-14H,1H3,(H,24,25). The van der Waals surface area contributed by atoms with Crippen molar-refractivity contribution in [3.8, 4) is 0 Å². The molecule has 0 spiro atoms. The fraction of sp³-hybridized carbons (Fsp3) is 0.0952. The van der Waals surface area contributed by atoms with Gasteiger partial charge in [-0.15, -0.1) is 0 Å². The first-order chi connectivity index (χ1) is 12.5. The van der Waals surface area contributed by atoms with Crippen molar-refractivity contribution in [3.05, 3.63) is 94.0 Å². The molecule has 0 aliphatic heterocycles. The zero-order valence-corrected chi connectivity index (χ0v) is 16.4. The molecule has 3 aromatic carbocycles. The summed E-state index contributed by atoms with van der Waals surface area (Å²) in [5.74, 6) is -0.149. The van der Waals surface area contributed by atoms with E-state index in [1.165, 1.54) is 11.8 Å². The Balaban J connectivity index is 1.76. The number of hydrogen-bond donors (Lipinski definition) is 1. The van der Waals surface area contributed by atoms with Gasteiger partial charge in [0.2, 0.25) is 0 Å². The number of benzene rings is 3. The molecule has 5 heteroatoms. The summed E-state index contributed by atoms with van der Waals surface area (Å²) in [6, 6.07) is 22.6. The fourth-order valence-corrected chi connectivity index (χ4v) is 3.81. The summed E-state index contributed by atoms with van der Waals surface area (Å²) in [4.78, 5) is 14.5. The predicted octanol–water partition coefficient (Wildman–Crippen LogP) is 6.64. The largest absolute Gasteiger partial charge is 0.346 e. The van der Waals surface area contributed by atoms with Crippen LogP contribution in [0.4, 0.5) is 0 Å². The monoisotopic (exact) mass is 401 g/mol. The second-order valence-electron chi connectivity index (χ2n) is 5.81. The molecule has 132 valence electrons. The first-order valence-corrected chi connectivity index (χ1v) is 9.69. The van der Waals surface area contributed by atoms with Gasteiger partial charge in [-0.3, -0.25) is 4.79 Å². The third-order valence-corrected chi connectivity index (χ3v) is 5.60. The Kier molecular flexibility index (Phi) is 6.25. The zero-order valence-electron chi connectivity index (χ0n) is 14.1. The van der Waals surface area contributed by atoms with Crippen LogP contribution in [-0.2, 0) is 0 Å². The summed E-state index contributed by atoms with van der Waals surface area (Å²) in [5, 5.41) is 4.27. The first kappa shape index (κ1) is 18.8. The average Bonchev–Trinajstić information content (AvgIpc) is 2.64. The maximum absolute atomic E-state index is 12.6. The Morgan fingerprint density at radius 3 is 2.46 bits per heavy atom. The van der Waals surface area contributed by atoms with Gasteiger partial charge in [0.05, 0.1) is 11.1 Å². The number of rotatable bonds is 5. The number of carbonyl (C=O) groups excluding carboxylic acids is 1.